The molecule has 1 aliphatic heterocycles. The summed E-state index contributed by atoms with van der Waals surface area (Å²) in [5.41, 5.74) is -0.722. The Bertz CT molecular complexity index is 913. The normalized spacial score (nSPS) is 14.9. The Kier molecular flexibility index (Phi) is 7.14. The molecule has 0 spiro atoms. The van der Waals surface area contributed by atoms with Crippen molar-refractivity contribution in [2.45, 2.75) is 31.5 Å². The Hall–Kier alpha value is -3.10. The molecule has 2 amide bonds. The summed E-state index contributed by atoms with van der Waals surface area (Å²) >= 11 is 0. The summed E-state index contributed by atoms with van der Waals surface area (Å²) in [7, 11) is 0. The fourth-order valence-corrected chi connectivity index (χ4v) is 3.35. The zero-order chi connectivity index (χ0) is 22.4. The van der Waals surface area contributed by atoms with Crippen LogP contribution >= 0.6 is 0 Å². The molecular formula is C22H22F4N2O3. The highest BCUT2D eigenvalue weighted by Gasteiger charge is 2.31. The molecule has 5 nitrogen and oxygen atoms in total. The summed E-state index contributed by atoms with van der Waals surface area (Å²) in [5.74, 6) is -2.33. The molecule has 0 unspecified atom stereocenters. The lowest BCUT2D eigenvalue weighted by molar-refractivity contribution is -0.137. The van der Waals surface area contributed by atoms with Crippen molar-refractivity contribution in [2.75, 3.05) is 19.7 Å². The summed E-state index contributed by atoms with van der Waals surface area (Å²) in [6.07, 6.45) is -3.36. The van der Waals surface area contributed by atoms with Gasteiger partial charge in [0, 0.05) is 25.2 Å². The Balaban J connectivity index is 1.69. The predicted molar refractivity (Wildman–Crippen MR) is 105 cm³/mol. The smallest absolute Gasteiger partial charge is 0.416 e. The number of hydrogen-bond acceptors (Lipinski definition) is 3. The van der Waals surface area contributed by atoms with E-state index in [1.165, 1.54) is 0 Å². The molecule has 1 saturated heterocycles. The van der Waals surface area contributed by atoms with E-state index in [1.54, 1.807) is 35.2 Å². The second kappa shape index (κ2) is 9.80. The van der Waals surface area contributed by atoms with Crippen LogP contribution in [0, 0.1) is 5.82 Å². The van der Waals surface area contributed by atoms with Gasteiger partial charge in [-0.2, -0.15) is 13.2 Å². The van der Waals surface area contributed by atoms with Crippen LogP contribution in [0.15, 0.2) is 48.5 Å². The van der Waals surface area contributed by atoms with Gasteiger partial charge >= 0.3 is 12.3 Å². The fourth-order valence-electron chi connectivity index (χ4n) is 3.35. The number of hydrogen-bond donors (Lipinski definition) is 1. The van der Waals surface area contributed by atoms with Crippen LogP contribution in [-0.4, -0.2) is 36.6 Å². The third-order valence-corrected chi connectivity index (χ3v) is 5.08. The molecule has 31 heavy (non-hydrogen) atoms. The highest BCUT2D eigenvalue weighted by molar-refractivity contribution is 5.84. The number of alkyl halides is 3. The van der Waals surface area contributed by atoms with Crippen molar-refractivity contribution in [1.29, 1.82) is 0 Å². The molecule has 1 N–H and O–H groups in total. The van der Waals surface area contributed by atoms with E-state index in [9.17, 15) is 27.2 Å². The van der Waals surface area contributed by atoms with Gasteiger partial charge in [-0.3, -0.25) is 4.79 Å². The van der Waals surface area contributed by atoms with Gasteiger partial charge in [0.2, 0.25) is 5.91 Å². The highest BCUT2D eigenvalue weighted by atomic mass is 19.4. The third-order valence-electron chi connectivity index (χ3n) is 5.08. The number of carbonyl (C=O) groups excluding carboxylic acids is 2. The van der Waals surface area contributed by atoms with Crippen molar-refractivity contribution in [3.63, 3.8) is 0 Å². The second-order valence-corrected chi connectivity index (χ2v) is 7.26. The van der Waals surface area contributed by atoms with Crippen LogP contribution in [0.1, 0.15) is 35.4 Å². The lowest BCUT2D eigenvalue weighted by Gasteiger charge is -2.20. The average Bonchev–Trinajstić information content (AvgIpc) is 3.28. The SMILES string of the molecule is O=C(NCc1cc(C(F)(F)F)ccc1F)[C@H](COC(=O)N1CCCC1)c1ccccc1. The van der Waals surface area contributed by atoms with Gasteiger partial charge in [-0.05, 0) is 36.6 Å². The number of rotatable bonds is 6. The summed E-state index contributed by atoms with van der Waals surface area (Å²) in [4.78, 5) is 26.5. The van der Waals surface area contributed by atoms with Gasteiger partial charge in [0.1, 0.15) is 12.4 Å². The van der Waals surface area contributed by atoms with E-state index in [-0.39, 0.29) is 12.2 Å². The molecule has 2 aromatic rings. The summed E-state index contributed by atoms with van der Waals surface area (Å²) < 4.78 is 57.9. The second-order valence-electron chi connectivity index (χ2n) is 7.26. The maximum Gasteiger partial charge on any atom is 0.416 e. The maximum absolute atomic E-state index is 14.0. The molecule has 0 saturated carbocycles. The monoisotopic (exact) mass is 438 g/mol. The van der Waals surface area contributed by atoms with Crippen LogP contribution < -0.4 is 5.32 Å². The van der Waals surface area contributed by atoms with Gasteiger partial charge in [-0.15, -0.1) is 0 Å². The molecule has 166 valence electrons. The maximum atomic E-state index is 14.0. The zero-order valence-corrected chi connectivity index (χ0v) is 16.6. The number of ether oxygens (including phenoxy) is 1. The molecule has 0 aromatic heterocycles. The molecule has 1 aliphatic rings. The first-order valence-corrected chi connectivity index (χ1v) is 9.85. The molecule has 3 rings (SSSR count). The molecule has 0 radical (unpaired) electrons. The van der Waals surface area contributed by atoms with Crippen molar-refractivity contribution < 1.29 is 31.9 Å². The summed E-state index contributed by atoms with van der Waals surface area (Å²) in [6.45, 7) is 0.514. The van der Waals surface area contributed by atoms with E-state index >= 15 is 0 Å². The van der Waals surface area contributed by atoms with E-state index < -0.39 is 42.0 Å². The van der Waals surface area contributed by atoms with Crippen LogP contribution in [0.25, 0.3) is 0 Å². The Morgan fingerprint density at radius 3 is 2.39 bits per heavy atom. The van der Waals surface area contributed by atoms with Crippen molar-refractivity contribution >= 4 is 12.0 Å². The lowest BCUT2D eigenvalue weighted by atomic mass is 9.99. The number of nitrogens with one attached hydrogen (secondary N) is 1. The lowest BCUT2D eigenvalue weighted by Crippen LogP contribution is -2.35. The number of nitrogens with zero attached hydrogens (tertiary/aromatic N) is 1. The third kappa shape index (κ3) is 5.96. The van der Waals surface area contributed by atoms with E-state index in [0.29, 0.717) is 30.8 Å². The van der Waals surface area contributed by atoms with Crippen LogP contribution in [0.5, 0.6) is 0 Å². The molecule has 9 heteroatoms. The van der Waals surface area contributed by atoms with Gasteiger partial charge in [-0.1, -0.05) is 30.3 Å². The van der Waals surface area contributed by atoms with Crippen molar-refractivity contribution in [3.05, 3.63) is 71.0 Å². The minimum atomic E-state index is -4.62. The summed E-state index contributed by atoms with van der Waals surface area (Å²) in [6, 6.07) is 10.6. The van der Waals surface area contributed by atoms with Gasteiger partial charge in [0.05, 0.1) is 11.5 Å². The number of carbonyl (C=O) groups is 2. The van der Waals surface area contributed by atoms with E-state index in [2.05, 4.69) is 5.32 Å². The standard InChI is InChI=1S/C22H22F4N2O3/c23-19-9-8-17(22(24,25)26)12-16(19)13-27-20(29)18(15-6-2-1-3-7-15)14-31-21(30)28-10-4-5-11-28/h1-3,6-9,12,18H,4-5,10-11,13-14H2,(H,27,29)/t18-/m1/s1. The van der Waals surface area contributed by atoms with Gasteiger partial charge in [0.15, 0.2) is 0 Å². The van der Waals surface area contributed by atoms with Crippen molar-refractivity contribution in [1.82, 2.24) is 10.2 Å². The molecule has 0 aliphatic carbocycles. The van der Waals surface area contributed by atoms with Crippen LogP contribution in [0.2, 0.25) is 0 Å². The minimum Gasteiger partial charge on any atom is -0.448 e. The number of likely N-dealkylation sites (tertiary alicyclic amines) is 1. The van der Waals surface area contributed by atoms with Crippen molar-refractivity contribution in [2.24, 2.45) is 0 Å². The first kappa shape index (κ1) is 22.6. The predicted octanol–water partition coefficient (Wildman–Crippen LogP) is 4.48. The minimum absolute atomic E-state index is 0.240. The van der Waals surface area contributed by atoms with Crippen LogP contribution in [0.3, 0.4) is 0 Å². The Labute approximate surface area is 177 Å². The van der Waals surface area contributed by atoms with Gasteiger partial charge in [0.25, 0.3) is 0 Å². The number of amides is 2. The quantitative estimate of drug-likeness (QED) is 0.677. The molecular weight excluding hydrogens is 416 g/mol. The topological polar surface area (TPSA) is 58.6 Å². The van der Waals surface area contributed by atoms with Crippen LogP contribution in [0.4, 0.5) is 22.4 Å². The van der Waals surface area contributed by atoms with E-state index in [4.69, 9.17) is 4.74 Å². The fraction of sp³-hybridized carbons (Fsp3) is 0.364. The largest absolute Gasteiger partial charge is 0.448 e. The Morgan fingerprint density at radius 2 is 1.74 bits per heavy atom. The van der Waals surface area contributed by atoms with E-state index in [0.717, 1.165) is 18.9 Å². The molecule has 0 bridgehead atoms. The number of halogens is 4. The van der Waals surface area contributed by atoms with Gasteiger partial charge < -0.3 is 15.0 Å². The molecule has 1 fully saturated rings. The molecule has 1 atom stereocenters. The average molecular weight is 438 g/mol. The van der Waals surface area contributed by atoms with Gasteiger partial charge in [-0.25, -0.2) is 9.18 Å². The molecule has 1 heterocycles. The summed E-state index contributed by atoms with van der Waals surface area (Å²) in [5, 5.41) is 2.46. The number of benzene rings is 2. The zero-order valence-electron chi connectivity index (χ0n) is 16.6. The highest BCUT2D eigenvalue weighted by Crippen LogP contribution is 2.30. The first-order chi connectivity index (χ1) is 14.8. The van der Waals surface area contributed by atoms with Crippen LogP contribution in [-0.2, 0) is 22.3 Å². The van der Waals surface area contributed by atoms with E-state index in [1.807, 2.05) is 0 Å². The molecule has 2 aromatic carbocycles. The first-order valence-electron chi connectivity index (χ1n) is 9.85. The Morgan fingerprint density at radius 1 is 1.06 bits per heavy atom. The van der Waals surface area contributed by atoms with Crippen molar-refractivity contribution in [3.8, 4) is 0 Å².